The normalized spacial score (nSPS) is 10.3. The van der Waals surface area contributed by atoms with Crippen LogP contribution in [0, 0.1) is 11.6 Å². The molecule has 1 heterocycles. The summed E-state index contributed by atoms with van der Waals surface area (Å²) in [6.07, 6.45) is 0. The van der Waals surface area contributed by atoms with Gasteiger partial charge in [-0.25, -0.2) is 4.39 Å². The highest BCUT2D eigenvalue weighted by atomic mass is 79.9. The molecule has 0 atom stereocenters. The van der Waals surface area contributed by atoms with Gasteiger partial charge in [-0.1, -0.05) is 15.9 Å². The molecule has 0 fully saturated rings. The fourth-order valence-corrected chi connectivity index (χ4v) is 1.71. The first kappa shape index (κ1) is 13.5. The van der Waals surface area contributed by atoms with Crippen LogP contribution in [0.5, 0.6) is 17.5 Å². The number of nitrogens with zero attached hydrogens (tertiary/aromatic N) is 2. The Labute approximate surface area is 115 Å². The van der Waals surface area contributed by atoms with E-state index in [1.54, 1.807) is 0 Å². The molecule has 0 aliphatic heterocycles. The topological polar surface area (TPSA) is 70.3 Å². The minimum atomic E-state index is -1.13. The molecule has 2 rings (SSSR count). The number of halogens is 3. The Morgan fingerprint density at radius 1 is 1.16 bits per heavy atom. The Morgan fingerprint density at radius 2 is 1.84 bits per heavy atom. The smallest absolute Gasteiger partial charge is 0.228 e. The predicted molar refractivity (Wildman–Crippen MR) is 67.1 cm³/mol. The molecule has 0 unspecified atom stereocenters. The largest absolute Gasteiger partial charge is 0.481 e. The van der Waals surface area contributed by atoms with Crippen LogP contribution < -0.4 is 15.2 Å². The molecule has 0 amide bonds. The lowest BCUT2D eigenvalue weighted by molar-refractivity contribution is 0.380. The van der Waals surface area contributed by atoms with E-state index >= 15 is 0 Å². The summed E-state index contributed by atoms with van der Waals surface area (Å²) >= 11 is 3.03. The summed E-state index contributed by atoms with van der Waals surface area (Å²) in [5, 5.41) is 0. The Bertz CT molecular complexity index is 625. The van der Waals surface area contributed by atoms with E-state index in [1.165, 1.54) is 19.2 Å². The third-order valence-electron chi connectivity index (χ3n) is 2.08. The zero-order valence-corrected chi connectivity index (χ0v) is 11.2. The van der Waals surface area contributed by atoms with E-state index < -0.39 is 11.6 Å². The lowest BCUT2D eigenvalue weighted by Gasteiger charge is -2.08. The molecule has 0 saturated heterocycles. The lowest BCUT2D eigenvalue weighted by atomic mass is 10.3. The first-order valence-electron chi connectivity index (χ1n) is 5.00. The summed E-state index contributed by atoms with van der Waals surface area (Å²) in [5.41, 5.74) is 5.43. The van der Waals surface area contributed by atoms with Gasteiger partial charge < -0.3 is 15.2 Å². The molecule has 0 radical (unpaired) electrons. The Balaban J connectivity index is 2.38. The molecule has 19 heavy (non-hydrogen) atoms. The zero-order valence-electron chi connectivity index (χ0n) is 9.65. The number of hydrogen-bond donors (Lipinski definition) is 1. The van der Waals surface area contributed by atoms with Gasteiger partial charge in [0.25, 0.3) is 0 Å². The van der Waals surface area contributed by atoms with E-state index in [1.807, 2.05) is 0 Å². The standard InChI is InChI=1S/C11H8BrF2N3O2/c1-18-8-4-9(17-11(15)16-8)19-7-3-5(12)2-6(13)10(7)14/h2-4H,1H3,(H2,15,16,17). The van der Waals surface area contributed by atoms with Gasteiger partial charge in [-0.2, -0.15) is 14.4 Å². The van der Waals surface area contributed by atoms with E-state index in [-0.39, 0.29) is 23.5 Å². The number of ether oxygens (including phenoxy) is 2. The maximum atomic E-state index is 13.5. The molecule has 1 aromatic carbocycles. The fraction of sp³-hybridized carbons (Fsp3) is 0.0909. The van der Waals surface area contributed by atoms with Gasteiger partial charge in [0, 0.05) is 4.47 Å². The third-order valence-corrected chi connectivity index (χ3v) is 2.54. The second-order valence-electron chi connectivity index (χ2n) is 3.41. The van der Waals surface area contributed by atoms with Crippen LogP contribution in [0.25, 0.3) is 0 Å². The SMILES string of the molecule is COc1cc(Oc2cc(Br)cc(F)c2F)nc(N)n1. The van der Waals surface area contributed by atoms with Crippen molar-refractivity contribution in [3.05, 3.63) is 34.3 Å². The van der Waals surface area contributed by atoms with Crippen molar-refractivity contribution in [1.29, 1.82) is 0 Å². The van der Waals surface area contributed by atoms with Gasteiger partial charge in [-0.3, -0.25) is 0 Å². The highest BCUT2D eigenvalue weighted by Crippen LogP contribution is 2.29. The number of nitrogen functional groups attached to an aromatic ring is 1. The number of aromatic nitrogens is 2. The molecule has 1 aromatic heterocycles. The van der Waals surface area contributed by atoms with E-state index in [2.05, 4.69) is 25.9 Å². The molecule has 0 bridgehead atoms. The van der Waals surface area contributed by atoms with E-state index in [0.29, 0.717) is 4.47 Å². The first-order chi connectivity index (χ1) is 8.99. The average Bonchev–Trinajstić information content (AvgIpc) is 2.34. The molecular formula is C11H8BrF2N3O2. The predicted octanol–water partition coefficient (Wildman–Crippen LogP) is 2.90. The number of anilines is 1. The molecule has 0 spiro atoms. The quantitative estimate of drug-likeness (QED) is 0.875. The third kappa shape index (κ3) is 3.08. The van der Waals surface area contributed by atoms with Crippen molar-refractivity contribution in [2.24, 2.45) is 0 Å². The molecule has 0 saturated carbocycles. The average molecular weight is 332 g/mol. The van der Waals surface area contributed by atoms with Crippen LogP contribution >= 0.6 is 15.9 Å². The number of methoxy groups -OCH3 is 1. The van der Waals surface area contributed by atoms with Gasteiger partial charge in [0.15, 0.2) is 11.6 Å². The molecule has 2 aromatic rings. The van der Waals surface area contributed by atoms with E-state index in [9.17, 15) is 8.78 Å². The maximum Gasteiger partial charge on any atom is 0.228 e. The summed E-state index contributed by atoms with van der Waals surface area (Å²) < 4.78 is 37.1. The van der Waals surface area contributed by atoms with Gasteiger partial charge in [0.05, 0.1) is 13.2 Å². The van der Waals surface area contributed by atoms with Crippen molar-refractivity contribution < 1.29 is 18.3 Å². The molecule has 100 valence electrons. The van der Waals surface area contributed by atoms with Gasteiger partial charge in [0.2, 0.25) is 23.5 Å². The van der Waals surface area contributed by atoms with Crippen LogP contribution in [-0.2, 0) is 0 Å². The van der Waals surface area contributed by atoms with Gasteiger partial charge >= 0.3 is 0 Å². The number of benzene rings is 1. The minimum absolute atomic E-state index is 0.0549. The van der Waals surface area contributed by atoms with E-state index in [4.69, 9.17) is 15.2 Å². The van der Waals surface area contributed by atoms with Crippen LogP contribution in [0.2, 0.25) is 0 Å². The Hall–Kier alpha value is -1.96. The summed E-state index contributed by atoms with van der Waals surface area (Å²) in [4.78, 5) is 7.48. The number of nitrogens with two attached hydrogens (primary N) is 1. The van der Waals surface area contributed by atoms with Crippen molar-refractivity contribution >= 4 is 21.9 Å². The van der Waals surface area contributed by atoms with Crippen LogP contribution in [0.15, 0.2) is 22.7 Å². The zero-order chi connectivity index (χ0) is 14.0. The minimum Gasteiger partial charge on any atom is -0.481 e. The van der Waals surface area contributed by atoms with Crippen molar-refractivity contribution in [1.82, 2.24) is 9.97 Å². The highest BCUT2D eigenvalue weighted by molar-refractivity contribution is 9.10. The summed E-state index contributed by atoms with van der Waals surface area (Å²) in [5.74, 6) is -2.51. The molecule has 0 aliphatic carbocycles. The first-order valence-corrected chi connectivity index (χ1v) is 5.80. The number of rotatable bonds is 3. The molecular weight excluding hydrogens is 324 g/mol. The van der Waals surface area contributed by atoms with Crippen LogP contribution in [0.4, 0.5) is 14.7 Å². The van der Waals surface area contributed by atoms with Crippen molar-refractivity contribution in [3.8, 4) is 17.5 Å². The summed E-state index contributed by atoms with van der Waals surface area (Å²) in [7, 11) is 1.38. The van der Waals surface area contributed by atoms with Gasteiger partial charge in [-0.05, 0) is 12.1 Å². The van der Waals surface area contributed by atoms with Crippen molar-refractivity contribution in [2.75, 3.05) is 12.8 Å². The molecule has 5 nitrogen and oxygen atoms in total. The second kappa shape index (κ2) is 5.35. The fourth-order valence-electron chi connectivity index (χ4n) is 1.30. The Kier molecular flexibility index (Phi) is 3.79. The van der Waals surface area contributed by atoms with Crippen molar-refractivity contribution in [2.45, 2.75) is 0 Å². The lowest BCUT2D eigenvalue weighted by Crippen LogP contribution is -2.00. The van der Waals surface area contributed by atoms with Crippen LogP contribution in [0.3, 0.4) is 0 Å². The highest BCUT2D eigenvalue weighted by Gasteiger charge is 2.14. The van der Waals surface area contributed by atoms with Gasteiger partial charge in [-0.15, -0.1) is 0 Å². The Morgan fingerprint density at radius 3 is 2.53 bits per heavy atom. The summed E-state index contributed by atoms with van der Waals surface area (Å²) in [6, 6.07) is 3.55. The van der Waals surface area contributed by atoms with Gasteiger partial charge in [0.1, 0.15) is 0 Å². The maximum absolute atomic E-state index is 13.5. The van der Waals surface area contributed by atoms with Crippen LogP contribution in [-0.4, -0.2) is 17.1 Å². The molecule has 0 aliphatic rings. The summed E-state index contributed by atoms with van der Waals surface area (Å²) in [6.45, 7) is 0. The molecule has 2 N–H and O–H groups in total. The number of hydrogen-bond acceptors (Lipinski definition) is 5. The van der Waals surface area contributed by atoms with Crippen molar-refractivity contribution in [3.63, 3.8) is 0 Å². The molecule has 8 heteroatoms. The second-order valence-corrected chi connectivity index (χ2v) is 4.32. The van der Waals surface area contributed by atoms with Crippen LogP contribution in [0.1, 0.15) is 0 Å². The van der Waals surface area contributed by atoms with E-state index in [0.717, 1.165) is 6.07 Å². The monoisotopic (exact) mass is 331 g/mol.